The Morgan fingerprint density at radius 2 is 1.70 bits per heavy atom. The number of esters is 1. The minimum absolute atomic E-state index is 0.133. The van der Waals surface area contributed by atoms with E-state index in [1.54, 1.807) is 0 Å². The van der Waals surface area contributed by atoms with E-state index in [4.69, 9.17) is 20.4 Å². The summed E-state index contributed by atoms with van der Waals surface area (Å²) < 4.78 is 36.7. The summed E-state index contributed by atoms with van der Waals surface area (Å²) in [5, 5.41) is 9.45. The lowest BCUT2D eigenvalue weighted by Gasteiger charge is -2.05. The average Bonchev–Trinajstić information content (AvgIpc) is 2.51. The molecule has 23 heavy (non-hydrogen) atoms. The van der Waals surface area contributed by atoms with E-state index in [-0.39, 0.29) is 25.6 Å². The zero-order valence-electron chi connectivity index (χ0n) is 11.8. The van der Waals surface area contributed by atoms with Crippen LogP contribution >= 0.6 is 0 Å². The first kappa shape index (κ1) is 20.4. The molecule has 0 aromatic heterocycles. The van der Waals surface area contributed by atoms with Crippen LogP contribution in [0.3, 0.4) is 0 Å². The molecular weight excluding hydrogens is 321 g/mol. The highest BCUT2D eigenvalue weighted by Gasteiger charge is 2.38. The molecule has 0 aliphatic rings. The fourth-order valence-corrected chi connectivity index (χ4v) is 1.03. The number of aliphatic carboxylic acids is 1. The number of ether oxygens (including phenoxy) is 1. The molecule has 1 aromatic carbocycles. The van der Waals surface area contributed by atoms with Crippen LogP contribution in [0.1, 0.15) is 5.56 Å². The minimum Gasteiger partial charge on any atom is -0.475 e. The van der Waals surface area contributed by atoms with Crippen LogP contribution in [0.25, 0.3) is 0 Å². The molecule has 0 spiro atoms. The van der Waals surface area contributed by atoms with E-state index in [9.17, 15) is 22.8 Å². The van der Waals surface area contributed by atoms with Gasteiger partial charge in [-0.1, -0.05) is 30.3 Å². The van der Waals surface area contributed by atoms with E-state index in [2.05, 4.69) is 5.32 Å². The summed E-state index contributed by atoms with van der Waals surface area (Å²) in [6.07, 6.45) is -5.08. The number of benzene rings is 1. The number of nitrogens with one attached hydrogen (secondary N) is 1. The number of hydrogen-bond donors (Lipinski definition) is 3. The van der Waals surface area contributed by atoms with Gasteiger partial charge in [-0.3, -0.25) is 9.59 Å². The van der Waals surface area contributed by atoms with Gasteiger partial charge >= 0.3 is 18.1 Å². The zero-order valence-corrected chi connectivity index (χ0v) is 11.8. The number of alkyl halides is 3. The number of halogens is 3. The molecule has 1 amide bonds. The van der Waals surface area contributed by atoms with Crippen LogP contribution in [0.4, 0.5) is 13.2 Å². The molecule has 0 aliphatic carbocycles. The number of carbonyl (C=O) groups excluding carboxylic acids is 2. The van der Waals surface area contributed by atoms with Crippen molar-refractivity contribution in [2.45, 2.75) is 12.8 Å². The van der Waals surface area contributed by atoms with Gasteiger partial charge in [-0.05, 0) is 5.56 Å². The van der Waals surface area contributed by atoms with Crippen molar-refractivity contribution >= 4 is 17.8 Å². The van der Waals surface area contributed by atoms with Gasteiger partial charge in [0.1, 0.15) is 13.2 Å². The van der Waals surface area contributed by atoms with Crippen molar-refractivity contribution in [1.82, 2.24) is 5.32 Å². The molecule has 0 saturated heterocycles. The van der Waals surface area contributed by atoms with Gasteiger partial charge in [-0.25, -0.2) is 4.79 Å². The number of rotatable bonds is 5. The van der Waals surface area contributed by atoms with Crippen LogP contribution in [0.15, 0.2) is 30.3 Å². The SMILES string of the molecule is NCC(=O)NCC(=O)OCc1ccccc1.O=C(O)C(F)(F)F. The van der Waals surface area contributed by atoms with E-state index >= 15 is 0 Å². The fourth-order valence-electron chi connectivity index (χ4n) is 1.03. The molecular formula is C13H15F3N2O5. The van der Waals surface area contributed by atoms with Gasteiger partial charge in [0.15, 0.2) is 0 Å². The molecule has 4 N–H and O–H groups in total. The maximum absolute atomic E-state index is 11.2. The summed E-state index contributed by atoms with van der Waals surface area (Å²) >= 11 is 0. The smallest absolute Gasteiger partial charge is 0.475 e. The Labute approximate surface area is 129 Å². The van der Waals surface area contributed by atoms with Gasteiger partial charge in [0.05, 0.1) is 6.54 Å². The Morgan fingerprint density at radius 1 is 1.17 bits per heavy atom. The van der Waals surface area contributed by atoms with Crippen molar-refractivity contribution in [2.24, 2.45) is 5.73 Å². The highest BCUT2D eigenvalue weighted by Crippen LogP contribution is 2.13. The summed E-state index contributed by atoms with van der Waals surface area (Å²) in [7, 11) is 0. The van der Waals surface area contributed by atoms with E-state index < -0.39 is 18.1 Å². The number of carboxylic acid groups (broad SMARTS) is 1. The number of amides is 1. The van der Waals surface area contributed by atoms with Gasteiger partial charge in [-0.2, -0.15) is 13.2 Å². The first-order valence-corrected chi connectivity index (χ1v) is 6.13. The summed E-state index contributed by atoms with van der Waals surface area (Å²) in [6.45, 7) is -0.0764. The molecule has 0 heterocycles. The zero-order chi connectivity index (χ0) is 17.9. The lowest BCUT2D eigenvalue weighted by molar-refractivity contribution is -0.192. The summed E-state index contributed by atoms with van der Waals surface area (Å²) in [5.74, 6) is -3.62. The molecule has 0 atom stereocenters. The number of hydrogen-bond acceptors (Lipinski definition) is 5. The van der Waals surface area contributed by atoms with Gasteiger partial charge in [0, 0.05) is 0 Å². The third-order valence-electron chi connectivity index (χ3n) is 2.10. The van der Waals surface area contributed by atoms with Crippen LogP contribution in [-0.4, -0.2) is 42.2 Å². The van der Waals surface area contributed by atoms with Gasteiger partial charge in [0.25, 0.3) is 0 Å². The molecule has 7 nitrogen and oxygen atoms in total. The Morgan fingerprint density at radius 3 is 2.13 bits per heavy atom. The molecule has 1 aromatic rings. The van der Waals surface area contributed by atoms with E-state index in [1.807, 2.05) is 30.3 Å². The monoisotopic (exact) mass is 336 g/mol. The maximum atomic E-state index is 11.2. The molecule has 0 aliphatic heterocycles. The van der Waals surface area contributed by atoms with Crippen LogP contribution in [0.5, 0.6) is 0 Å². The summed E-state index contributed by atoms with van der Waals surface area (Å²) in [5.41, 5.74) is 5.96. The molecule has 128 valence electrons. The van der Waals surface area contributed by atoms with Gasteiger partial charge < -0.3 is 20.9 Å². The second-order valence-corrected chi connectivity index (χ2v) is 3.93. The average molecular weight is 336 g/mol. The number of nitrogens with two attached hydrogens (primary N) is 1. The molecule has 0 bridgehead atoms. The van der Waals surface area contributed by atoms with Crippen LogP contribution in [0.2, 0.25) is 0 Å². The lowest BCUT2D eigenvalue weighted by Crippen LogP contribution is -2.34. The van der Waals surface area contributed by atoms with Crippen molar-refractivity contribution in [3.8, 4) is 0 Å². The molecule has 10 heteroatoms. The summed E-state index contributed by atoms with van der Waals surface area (Å²) in [4.78, 5) is 30.8. The van der Waals surface area contributed by atoms with E-state index in [0.29, 0.717) is 0 Å². The minimum atomic E-state index is -5.08. The van der Waals surface area contributed by atoms with Crippen molar-refractivity contribution in [3.05, 3.63) is 35.9 Å². The quantitative estimate of drug-likeness (QED) is 0.671. The van der Waals surface area contributed by atoms with Crippen LogP contribution < -0.4 is 11.1 Å². The predicted octanol–water partition coefficient (Wildman–Crippen LogP) is 0.438. The van der Waals surface area contributed by atoms with Gasteiger partial charge in [0.2, 0.25) is 5.91 Å². The highest BCUT2D eigenvalue weighted by atomic mass is 19.4. The van der Waals surface area contributed by atoms with Crippen LogP contribution in [0, 0.1) is 0 Å². The van der Waals surface area contributed by atoms with Gasteiger partial charge in [-0.15, -0.1) is 0 Å². The maximum Gasteiger partial charge on any atom is 0.490 e. The normalized spacial score (nSPS) is 10.1. The number of carboxylic acids is 1. The predicted molar refractivity (Wildman–Crippen MR) is 72.0 cm³/mol. The Hall–Kier alpha value is -2.62. The largest absolute Gasteiger partial charge is 0.490 e. The number of carbonyl (C=O) groups is 3. The lowest BCUT2D eigenvalue weighted by atomic mass is 10.2. The van der Waals surface area contributed by atoms with Crippen LogP contribution in [-0.2, 0) is 25.7 Å². The third kappa shape index (κ3) is 10.7. The molecule has 0 unspecified atom stereocenters. The standard InChI is InChI=1S/C11H14N2O3.C2HF3O2/c12-6-10(14)13-7-11(15)16-8-9-4-2-1-3-5-9;3-2(4,5)1(6)7/h1-5H,6-8,12H2,(H,13,14);(H,6,7). The Balaban J connectivity index is 0.000000585. The van der Waals surface area contributed by atoms with Crippen molar-refractivity contribution in [3.63, 3.8) is 0 Å². The van der Waals surface area contributed by atoms with E-state index in [1.165, 1.54) is 0 Å². The topological polar surface area (TPSA) is 119 Å². The second-order valence-electron chi connectivity index (χ2n) is 3.93. The fraction of sp³-hybridized carbons (Fsp3) is 0.308. The van der Waals surface area contributed by atoms with E-state index in [0.717, 1.165) is 5.56 Å². The summed E-state index contributed by atoms with van der Waals surface area (Å²) in [6, 6.07) is 9.31. The van der Waals surface area contributed by atoms with Crippen molar-refractivity contribution < 1.29 is 37.4 Å². The second kappa shape index (κ2) is 10.2. The highest BCUT2D eigenvalue weighted by molar-refractivity contribution is 5.82. The molecule has 1 rings (SSSR count). The molecule has 0 saturated carbocycles. The Bertz CT molecular complexity index is 520. The Kier molecular flexibility index (Phi) is 9.01. The first-order valence-electron chi connectivity index (χ1n) is 6.13. The van der Waals surface area contributed by atoms with Crippen molar-refractivity contribution in [2.75, 3.05) is 13.1 Å². The molecule has 0 radical (unpaired) electrons. The third-order valence-corrected chi connectivity index (χ3v) is 2.10. The molecule has 0 fully saturated rings. The first-order chi connectivity index (χ1) is 10.7. The van der Waals surface area contributed by atoms with Crippen molar-refractivity contribution in [1.29, 1.82) is 0 Å².